The van der Waals surface area contributed by atoms with Gasteiger partial charge in [-0.05, 0) is 41.3 Å². The molecule has 0 bridgehead atoms. The maximum atomic E-state index is 12.8. The zero-order valence-electron chi connectivity index (χ0n) is 11.2. The lowest BCUT2D eigenvalue weighted by atomic mass is 9.93. The third kappa shape index (κ3) is 3.48. The van der Waals surface area contributed by atoms with E-state index >= 15 is 0 Å². The van der Waals surface area contributed by atoms with Gasteiger partial charge in [0, 0.05) is 19.2 Å². The molecule has 1 aromatic rings. The molecule has 9 heteroatoms. The maximum absolute atomic E-state index is 12.8. The number of aromatic carboxylic acids is 1. The van der Waals surface area contributed by atoms with Gasteiger partial charge in [-0.15, -0.1) is 11.3 Å². The summed E-state index contributed by atoms with van der Waals surface area (Å²) in [7, 11) is -3.75. The Labute approximate surface area is 135 Å². The number of carboxylic acid groups (broad SMARTS) is 1. The zero-order chi connectivity index (χ0) is 15.6. The summed E-state index contributed by atoms with van der Waals surface area (Å²) >= 11 is 4.04. The summed E-state index contributed by atoms with van der Waals surface area (Å²) in [4.78, 5) is 11.0. The first-order valence-corrected chi connectivity index (χ1v) is 9.58. The number of nitrogens with zero attached hydrogens (tertiary/aromatic N) is 1. The van der Waals surface area contributed by atoms with Crippen molar-refractivity contribution in [2.75, 3.05) is 13.2 Å². The van der Waals surface area contributed by atoms with Gasteiger partial charge >= 0.3 is 5.97 Å². The Morgan fingerprint density at radius 1 is 1.48 bits per heavy atom. The van der Waals surface area contributed by atoms with Gasteiger partial charge in [0.25, 0.3) is 0 Å². The highest BCUT2D eigenvalue weighted by Gasteiger charge is 2.36. The van der Waals surface area contributed by atoms with Gasteiger partial charge in [0.2, 0.25) is 10.0 Å². The maximum Gasteiger partial charge on any atom is 0.345 e. The molecule has 1 fully saturated rings. The molecule has 1 saturated carbocycles. The molecule has 0 aliphatic heterocycles. The molecule has 1 aliphatic carbocycles. The molecule has 6 nitrogen and oxygen atoms in total. The van der Waals surface area contributed by atoms with Gasteiger partial charge in [0.15, 0.2) is 0 Å². The van der Waals surface area contributed by atoms with Crippen molar-refractivity contribution in [1.82, 2.24) is 4.31 Å². The van der Waals surface area contributed by atoms with Crippen LogP contribution in [0.5, 0.6) is 0 Å². The van der Waals surface area contributed by atoms with Crippen molar-refractivity contribution >= 4 is 43.3 Å². The third-order valence-electron chi connectivity index (χ3n) is 3.47. The second-order valence-corrected chi connectivity index (χ2v) is 9.06. The van der Waals surface area contributed by atoms with E-state index in [1.807, 2.05) is 0 Å². The van der Waals surface area contributed by atoms with Gasteiger partial charge in [-0.3, -0.25) is 0 Å². The minimum atomic E-state index is -3.75. The lowest BCUT2D eigenvalue weighted by Crippen LogP contribution is -2.44. The van der Waals surface area contributed by atoms with Crippen LogP contribution in [-0.4, -0.2) is 48.1 Å². The summed E-state index contributed by atoms with van der Waals surface area (Å²) in [5, 5.41) is 17.9. The first-order valence-electron chi connectivity index (χ1n) is 6.53. The fourth-order valence-corrected chi connectivity index (χ4v) is 6.24. The smallest absolute Gasteiger partial charge is 0.345 e. The van der Waals surface area contributed by atoms with Crippen LogP contribution < -0.4 is 0 Å². The Hall–Kier alpha value is -0.480. The number of halogens is 1. The zero-order valence-corrected chi connectivity index (χ0v) is 14.4. The van der Waals surface area contributed by atoms with Crippen molar-refractivity contribution in [3.8, 4) is 0 Å². The monoisotopic (exact) mass is 397 g/mol. The normalized spacial score (nSPS) is 16.1. The molecular formula is C12H16BrNO5S2. The summed E-state index contributed by atoms with van der Waals surface area (Å²) in [5.74, 6) is -1.15. The van der Waals surface area contributed by atoms with Crippen molar-refractivity contribution in [2.45, 2.75) is 36.6 Å². The van der Waals surface area contributed by atoms with E-state index in [-0.39, 0.29) is 29.0 Å². The molecule has 0 amide bonds. The highest BCUT2D eigenvalue weighted by atomic mass is 79.9. The lowest BCUT2D eigenvalue weighted by molar-refractivity contribution is 0.0702. The van der Waals surface area contributed by atoms with Crippen LogP contribution in [0.1, 0.15) is 35.4 Å². The van der Waals surface area contributed by atoms with Crippen molar-refractivity contribution in [2.24, 2.45) is 0 Å². The van der Waals surface area contributed by atoms with E-state index in [0.29, 0.717) is 10.2 Å². The average molecular weight is 398 g/mol. The van der Waals surface area contributed by atoms with Gasteiger partial charge < -0.3 is 10.2 Å². The summed E-state index contributed by atoms with van der Waals surface area (Å²) < 4.78 is 27.2. The number of thiophene rings is 1. The van der Waals surface area contributed by atoms with Crippen LogP contribution in [0, 0.1) is 0 Å². The second-order valence-electron chi connectivity index (χ2n) is 4.83. The van der Waals surface area contributed by atoms with Gasteiger partial charge in [0.1, 0.15) is 9.77 Å². The molecule has 0 aromatic carbocycles. The number of rotatable bonds is 7. The summed E-state index contributed by atoms with van der Waals surface area (Å²) in [5.41, 5.74) is 0. The molecule has 1 heterocycles. The van der Waals surface area contributed by atoms with E-state index < -0.39 is 16.0 Å². The molecule has 2 N–H and O–H groups in total. The predicted molar refractivity (Wildman–Crippen MR) is 82.2 cm³/mol. The topological polar surface area (TPSA) is 94.9 Å². The van der Waals surface area contributed by atoms with Gasteiger partial charge in [-0.2, -0.15) is 4.31 Å². The van der Waals surface area contributed by atoms with E-state index in [1.165, 1.54) is 10.4 Å². The number of aliphatic hydroxyl groups is 1. The Kier molecular flexibility index (Phi) is 5.42. The molecule has 118 valence electrons. The fourth-order valence-electron chi connectivity index (χ4n) is 2.16. The standard InChI is InChI=1S/C12H16BrNO5S2/c13-11-10(7-9(20-11)12(16)17)21(18,19)14(5-2-6-15)8-3-1-4-8/h7-8,15H,1-6H2,(H,16,17). The van der Waals surface area contributed by atoms with E-state index in [4.69, 9.17) is 10.2 Å². The molecular weight excluding hydrogens is 382 g/mol. The Morgan fingerprint density at radius 2 is 2.14 bits per heavy atom. The van der Waals surface area contributed by atoms with Crippen LogP contribution in [0.25, 0.3) is 0 Å². The van der Waals surface area contributed by atoms with E-state index in [9.17, 15) is 13.2 Å². The first-order chi connectivity index (χ1) is 9.87. The number of aliphatic hydroxyl groups excluding tert-OH is 1. The highest BCUT2D eigenvalue weighted by Crippen LogP contribution is 2.37. The summed E-state index contributed by atoms with van der Waals surface area (Å²) in [6.45, 7) is 0.165. The molecule has 1 aromatic heterocycles. The van der Waals surface area contributed by atoms with Gasteiger partial charge in [-0.1, -0.05) is 6.42 Å². The number of hydrogen-bond donors (Lipinski definition) is 2. The fraction of sp³-hybridized carbons (Fsp3) is 0.583. The van der Waals surface area contributed by atoms with E-state index in [1.54, 1.807) is 0 Å². The van der Waals surface area contributed by atoms with Crippen molar-refractivity contribution in [3.05, 3.63) is 14.7 Å². The number of carboxylic acids is 1. The molecule has 0 radical (unpaired) electrons. The Balaban J connectivity index is 2.35. The molecule has 0 unspecified atom stereocenters. The molecule has 0 spiro atoms. The summed E-state index contributed by atoms with van der Waals surface area (Å²) in [6.07, 6.45) is 2.96. The van der Waals surface area contributed by atoms with E-state index in [0.717, 1.165) is 30.6 Å². The lowest BCUT2D eigenvalue weighted by Gasteiger charge is -2.36. The van der Waals surface area contributed by atoms with Crippen molar-refractivity contribution in [1.29, 1.82) is 0 Å². The highest BCUT2D eigenvalue weighted by molar-refractivity contribution is 9.11. The van der Waals surface area contributed by atoms with Crippen LogP contribution >= 0.6 is 27.3 Å². The van der Waals surface area contributed by atoms with Crippen LogP contribution in [0.3, 0.4) is 0 Å². The van der Waals surface area contributed by atoms with Gasteiger partial charge in [0.05, 0.1) is 3.79 Å². The minimum absolute atomic E-state index is 0.00487. The molecule has 21 heavy (non-hydrogen) atoms. The predicted octanol–water partition coefficient (Wildman–Crippen LogP) is 2.13. The van der Waals surface area contributed by atoms with Crippen molar-refractivity contribution < 1.29 is 23.4 Å². The first kappa shape index (κ1) is 16.9. The van der Waals surface area contributed by atoms with Crippen LogP contribution in [0.15, 0.2) is 14.7 Å². The van der Waals surface area contributed by atoms with Crippen molar-refractivity contribution in [3.63, 3.8) is 0 Å². The SMILES string of the molecule is O=C(O)c1cc(S(=O)(=O)N(CCCO)C2CCC2)c(Br)s1. The number of carbonyl (C=O) groups is 1. The van der Waals surface area contributed by atoms with Crippen LogP contribution in [0.2, 0.25) is 0 Å². The third-order valence-corrected chi connectivity index (χ3v) is 7.66. The summed E-state index contributed by atoms with van der Waals surface area (Å²) in [6, 6.07) is 1.14. The quantitative estimate of drug-likeness (QED) is 0.734. The second kappa shape index (κ2) is 6.74. The molecule has 1 aliphatic rings. The Bertz CT molecular complexity index is 624. The minimum Gasteiger partial charge on any atom is -0.477 e. The van der Waals surface area contributed by atoms with E-state index in [2.05, 4.69) is 15.9 Å². The number of hydrogen-bond acceptors (Lipinski definition) is 5. The van der Waals surface area contributed by atoms with Crippen LogP contribution in [0.4, 0.5) is 0 Å². The van der Waals surface area contributed by atoms with Crippen LogP contribution in [-0.2, 0) is 10.0 Å². The number of sulfonamides is 1. The average Bonchev–Trinajstić information content (AvgIpc) is 2.74. The molecule has 0 saturated heterocycles. The van der Waals surface area contributed by atoms with Gasteiger partial charge in [-0.25, -0.2) is 13.2 Å². The molecule has 0 atom stereocenters. The molecule has 2 rings (SSSR count). The Morgan fingerprint density at radius 3 is 2.57 bits per heavy atom. The largest absolute Gasteiger partial charge is 0.477 e.